The molecule has 12 rings (SSSR count). The maximum absolute atomic E-state index is 6.50. The van der Waals surface area contributed by atoms with Crippen LogP contribution in [0, 0.1) is 0 Å². The van der Waals surface area contributed by atoms with Crippen molar-refractivity contribution >= 4 is 65.4 Å². The number of hydrogen-bond donors (Lipinski definition) is 0. The van der Waals surface area contributed by atoms with Crippen LogP contribution in [0.3, 0.4) is 0 Å². The zero-order valence-electron chi connectivity index (χ0n) is 29.9. The minimum Gasteiger partial charge on any atom is -0.456 e. The van der Waals surface area contributed by atoms with E-state index in [1.54, 1.807) is 0 Å². The molecule has 0 atom stereocenters. The van der Waals surface area contributed by atoms with Crippen LogP contribution in [0.1, 0.15) is 0 Å². The topological polar surface area (TPSA) is 65.0 Å². The van der Waals surface area contributed by atoms with Gasteiger partial charge in [-0.25, -0.2) is 15.0 Å². The van der Waals surface area contributed by atoms with Gasteiger partial charge in [0.1, 0.15) is 22.3 Å². The van der Waals surface area contributed by atoms with E-state index < -0.39 is 0 Å². The van der Waals surface area contributed by atoms with E-state index in [-0.39, 0.29) is 0 Å². The lowest BCUT2D eigenvalue weighted by molar-refractivity contribution is 0.669. The average molecular weight is 716 g/mol. The highest BCUT2D eigenvalue weighted by molar-refractivity contribution is 6.33. The number of nitrogens with zero attached hydrogens (tertiary/aromatic N) is 3. The fraction of sp³-hybridized carbons (Fsp3) is 0. The molecule has 0 unspecified atom stereocenters. The van der Waals surface area contributed by atoms with Crippen molar-refractivity contribution in [1.82, 2.24) is 15.0 Å². The Morgan fingerprint density at radius 2 is 0.750 bits per heavy atom. The van der Waals surface area contributed by atoms with Crippen LogP contribution in [-0.4, -0.2) is 15.0 Å². The summed E-state index contributed by atoms with van der Waals surface area (Å²) in [5.74, 6) is 1.81. The number of rotatable bonds is 5. The molecule has 3 aromatic heterocycles. The van der Waals surface area contributed by atoms with Crippen molar-refractivity contribution in [2.45, 2.75) is 0 Å². The fourth-order valence-electron chi connectivity index (χ4n) is 8.47. The fourth-order valence-corrected chi connectivity index (χ4v) is 8.47. The van der Waals surface area contributed by atoms with Gasteiger partial charge in [0.05, 0.1) is 0 Å². The zero-order valence-corrected chi connectivity index (χ0v) is 29.9. The summed E-state index contributed by atoms with van der Waals surface area (Å²) in [5, 5.41) is 9.18. The molecule has 0 fully saturated rings. The molecule has 56 heavy (non-hydrogen) atoms. The summed E-state index contributed by atoms with van der Waals surface area (Å²) in [4.78, 5) is 15.3. The molecule has 0 aliphatic heterocycles. The normalized spacial score (nSPS) is 11.9. The van der Waals surface area contributed by atoms with Crippen LogP contribution in [0.4, 0.5) is 0 Å². The third-order valence-electron chi connectivity index (χ3n) is 11.1. The van der Waals surface area contributed by atoms with E-state index in [4.69, 9.17) is 23.8 Å². The Morgan fingerprint density at radius 3 is 1.45 bits per heavy atom. The molecule has 260 valence electrons. The van der Waals surface area contributed by atoms with E-state index in [0.717, 1.165) is 72.0 Å². The van der Waals surface area contributed by atoms with Crippen LogP contribution in [0.15, 0.2) is 185 Å². The molecular weight excluding hydrogens is 687 g/mol. The van der Waals surface area contributed by atoms with E-state index in [1.165, 1.54) is 32.3 Å². The predicted molar refractivity (Wildman–Crippen MR) is 228 cm³/mol. The predicted octanol–water partition coefficient (Wildman–Crippen LogP) is 13.7. The SMILES string of the molecule is c1ccc(-c2ccc(-c3nc(-c4ccccc4)nc(-c4cccc5oc6ccc(-c7ccc8c(c7)c7cccc9oc%10cccc8c%10c97)cc6c45)n3)cc2)cc1. The Bertz CT molecular complexity index is 3460. The van der Waals surface area contributed by atoms with Crippen LogP contribution in [0.5, 0.6) is 0 Å². The number of aromatic nitrogens is 3. The first kappa shape index (κ1) is 30.8. The summed E-state index contributed by atoms with van der Waals surface area (Å²) in [6.45, 7) is 0. The molecule has 9 aromatic carbocycles. The van der Waals surface area contributed by atoms with Gasteiger partial charge in [0.15, 0.2) is 17.5 Å². The molecule has 0 saturated heterocycles. The molecule has 0 radical (unpaired) electrons. The maximum atomic E-state index is 6.50. The molecule has 0 spiro atoms. The van der Waals surface area contributed by atoms with Gasteiger partial charge in [0.25, 0.3) is 0 Å². The molecule has 3 heterocycles. The lowest BCUT2D eigenvalue weighted by Gasteiger charge is -2.11. The summed E-state index contributed by atoms with van der Waals surface area (Å²) in [6, 6.07) is 60.9. The van der Waals surface area contributed by atoms with Crippen molar-refractivity contribution in [2.24, 2.45) is 0 Å². The maximum Gasteiger partial charge on any atom is 0.164 e. The molecule has 0 N–H and O–H groups in total. The smallest absolute Gasteiger partial charge is 0.164 e. The first-order chi connectivity index (χ1) is 27.7. The van der Waals surface area contributed by atoms with Gasteiger partial charge in [-0.05, 0) is 80.2 Å². The molecule has 0 aliphatic carbocycles. The van der Waals surface area contributed by atoms with Crippen molar-refractivity contribution in [2.75, 3.05) is 0 Å². The highest BCUT2D eigenvalue weighted by atomic mass is 16.3. The molecule has 0 aliphatic rings. The van der Waals surface area contributed by atoms with Crippen LogP contribution in [-0.2, 0) is 0 Å². The third-order valence-corrected chi connectivity index (χ3v) is 11.1. The molecule has 0 amide bonds. The van der Waals surface area contributed by atoms with E-state index >= 15 is 0 Å². The standard InChI is InChI=1S/C51H29N3O2/c1-3-10-30(11-4-1)31-20-22-33(23-21-31)50-52-49(32-12-5-2-6-13-32)53-51(54-50)39-16-9-17-43-46(39)41-29-35(25-27-42(41)55-43)34-24-26-36-37-14-7-18-44-47(37)48-38(40(36)28-34)15-8-19-45(48)56-44/h1-29H. The van der Waals surface area contributed by atoms with Gasteiger partial charge < -0.3 is 8.83 Å². The minimum absolute atomic E-state index is 0.589. The van der Waals surface area contributed by atoms with E-state index in [0.29, 0.717) is 17.5 Å². The number of furan rings is 2. The second kappa shape index (κ2) is 11.9. The second-order valence-electron chi connectivity index (χ2n) is 14.3. The van der Waals surface area contributed by atoms with Gasteiger partial charge in [-0.2, -0.15) is 0 Å². The highest BCUT2D eigenvalue weighted by Gasteiger charge is 2.20. The van der Waals surface area contributed by atoms with Crippen LogP contribution >= 0.6 is 0 Å². The first-order valence-corrected chi connectivity index (χ1v) is 18.8. The summed E-state index contributed by atoms with van der Waals surface area (Å²) in [7, 11) is 0. The summed E-state index contributed by atoms with van der Waals surface area (Å²) in [6.07, 6.45) is 0. The molecule has 5 heteroatoms. The molecule has 0 saturated carbocycles. The van der Waals surface area contributed by atoms with Crippen LogP contribution in [0.25, 0.3) is 122 Å². The van der Waals surface area contributed by atoms with Crippen molar-refractivity contribution in [3.63, 3.8) is 0 Å². The van der Waals surface area contributed by atoms with Crippen molar-refractivity contribution < 1.29 is 8.83 Å². The Morgan fingerprint density at radius 1 is 0.268 bits per heavy atom. The Kier molecular flexibility index (Phi) is 6.56. The van der Waals surface area contributed by atoms with Gasteiger partial charge >= 0.3 is 0 Å². The largest absolute Gasteiger partial charge is 0.456 e. The Labute approximate surface area is 320 Å². The molecule has 12 aromatic rings. The first-order valence-electron chi connectivity index (χ1n) is 18.8. The zero-order chi connectivity index (χ0) is 36.7. The van der Waals surface area contributed by atoms with E-state index in [9.17, 15) is 0 Å². The average Bonchev–Trinajstić information content (AvgIpc) is 3.85. The van der Waals surface area contributed by atoms with E-state index in [2.05, 4.69) is 127 Å². The van der Waals surface area contributed by atoms with Crippen molar-refractivity contribution in [3.05, 3.63) is 176 Å². The van der Waals surface area contributed by atoms with Crippen molar-refractivity contribution in [3.8, 4) is 56.4 Å². The van der Waals surface area contributed by atoms with Crippen molar-refractivity contribution in [1.29, 1.82) is 0 Å². The number of hydrogen-bond acceptors (Lipinski definition) is 5. The van der Waals surface area contributed by atoms with Gasteiger partial charge in [-0.1, -0.05) is 140 Å². The van der Waals surface area contributed by atoms with Gasteiger partial charge in [-0.15, -0.1) is 0 Å². The van der Waals surface area contributed by atoms with E-state index in [1.807, 2.05) is 48.5 Å². The van der Waals surface area contributed by atoms with Gasteiger partial charge in [-0.3, -0.25) is 0 Å². The number of benzene rings is 9. The van der Waals surface area contributed by atoms with Crippen LogP contribution < -0.4 is 0 Å². The summed E-state index contributed by atoms with van der Waals surface area (Å²) >= 11 is 0. The molecule has 0 bridgehead atoms. The lowest BCUT2D eigenvalue weighted by atomic mass is 9.92. The number of fused-ring (bicyclic) bond motifs is 6. The molecular formula is C51H29N3O2. The highest BCUT2D eigenvalue weighted by Crippen LogP contribution is 2.44. The Balaban J connectivity index is 1.03. The third kappa shape index (κ3) is 4.71. The lowest BCUT2D eigenvalue weighted by Crippen LogP contribution is -2.00. The summed E-state index contributed by atoms with van der Waals surface area (Å²) < 4.78 is 12.8. The Hall–Kier alpha value is -7.63. The van der Waals surface area contributed by atoms with Gasteiger partial charge in [0, 0.05) is 38.2 Å². The van der Waals surface area contributed by atoms with Crippen LogP contribution in [0.2, 0.25) is 0 Å². The monoisotopic (exact) mass is 715 g/mol. The molecule has 5 nitrogen and oxygen atoms in total. The second-order valence-corrected chi connectivity index (χ2v) is 14.3. The van der Waals surface area contributed by atoms with Gasteiger partial charge in [0.2, 0.25) is 0 Å². The summed E-state index contributed by atoms with van der Waals surface area (Å²) in [5.41, 5.74) is 10.7. The minimum atomic E-state index is 0.589. The quantitative estimate of drug-likeness (QED) is 0.166.